The number of hydrogen-bond donors (Lipinski definition) is 0. The highest BCUT2D eigenvalue weighted by atomic mass is 19.2. The highest BCUT2D eigenvalue weighted by molar-refractivity contribution is 6.42. The molecule has 4 nitrogen and oxygen atoms in total. The third kappa shape index (κ3) is 6.85. The lowest BCUT2D eigenvalue weighted by atomic mass is 9.95. The monoisotopic (exact) mass is 1120 g/mol. The van der Waals surface area contributed by atoms with Crippen LogP contribution >= 0.6 is 0 Å². The molecule has 4 aromatic rings. The molecule has 76 heavy (non-hydrogen) atoms. The van der Waals surface area contributed by atoms with Crippen LogP contribution in [0.15, 0.2) is 89.4 Å². The summed E-state index contributed by atoms with van der Waals surface area (Å²) in [6.45, 7) is 0. The molecule has 0 spiro atoms. The van der Waals surface area contributed by atoms with E-state index in [1.54, 1.807) is 0 Å². The van der Waals surface area contributed by atoms with Crippen molar-refractivity contribution in [3.05, 3.63) is 208 Å². The Morgan fingerprint density at radius 1 is 0.145 bits per heavy atom. The van der Waals surface area contributed by atoms with E-state index in [1.165, 1.54) is 0 Å². The predicted octanol–water partition coefficient (Wildman–Crippen LogP) is 14.8. The van der Waals surface area contributed by atoms with Crippen LogP contribution in [0.4, 0.5) is 123 Å². The van der Waals surface area contributed by atoms with Crippen molar-refractivity contribution in [2.75, 3.05) is 0 Å². The third-order valence-electron chi connectivity index (χ3n) is 11.1. The normalized spacial score (nSPS) is 17.1. The molecule has 0 radical (unpaired) electrons. The Bertz CT molecular complexity index is 3360. The minimum Gasteiger partial charge on any atom is -0.241 e. The predicted molar refractivity (Wildman–Crippen MR) is 199 cm³/mol. The van der Waals surface area contributed by atoms with Gasteiger partial charge in [-0.3, -0.25) is 0 Å². The molecule has 0 saturated carbocycles. The molecule has 5 aliphatic heterocycles. The Kier molecular flexibility index (Phi) is 12.1. The lowest BCUT2D eigenvalue weighted by Gasteiger charge is -2.15. The molecule has 5 heterocycles. The fraction of sp³-hybridized carbons (Fsp3) is 0. The number of nitrogens with zero attached hydrogens (tertiary/aromatic N) is 4. The molecule has 0 saturated heterocycles. The number of hydrogen-bond acceptors (Lipinski definition) is 4. The van der Waals surface area contributed by atoms with Gasteiger partial charge in [-0.25, -0.2) is 143 Å². The van der Waals surface area contributed by atoms with Gasteiger partial charge in [-0.05, 0) is 0 Å². The molecule has 5 aliphatic rings. The van der Waals surface area contributed by atoms with Crippen molar-refractivity contribution < 1.29 is 123 Å². The summed E-state index contributed by atoms with van der Waals surface area (Å²) >= 11 is 0. The molecule has 0 atom stereocenters. The lowest BCUT2D eigenvalue weighted by Crippen LogP contribution is -2.14. The summed E-state index contributed by atoms with van der Waals surface area (Å²) in [7, 11) is 0. The Hall–Kier alpha value is -8.48. The van der Waals surface area contributed by atoms with Crippen molar-refractivity contribution >= 4 is 45.1 Å². The average molecular weight is 1120 g/mol. The van der Waals surface area contributed by atoms with Crippen molar-refractivity contribution in [2.45, 2.75) is 0 Å². The standard InChI is InChI=1S/C44F28N4/c45-9-1(10(46)18(54)25(61)17(9)53)5-37-29(65)31(67)39(73-37)6(2-11(47)19(55)26(62)20(56)12(2)48)41-33(69)35(71)43(75-41)8(4-15(51)23(59)28(64)24(60)16(4)52)44-36(72)34(70)42(76-44)7(40-32(68)30(66)38(5)74-40)3-13(49)21(57)27(63)22(58)14(3)50. The number of rotatable bonds is 4. The van der Waals surface area contributed by atoms with E-state index in [4.69, 9.17) is 0 Å². The Morgan fingerprint density at radius 3 is 0.395 bits per heavy atom. The maximum Gasteiger partial charge on any atom is 0.200 e. The molecule has 32 heteroatoms. The largest absolute Gasteiger partial charge is 0.241 e. The zero-order valence-electron chi connectivity index (χ0n) is 34.4. The number of fused-ring (bicyclic) bond motifs is 4. The molecular weight excluding hydrogens is 1120 g/mol. The van der Waals surface area contributed by atoms with Gasteiger partial charge in [0, 0.05) is 22.3 Å². The van der Waals surface area contributed by atoms with Gasteiger partial charge in [0.05, 0.1) is 22.3 Å². The van der Waals surface area contributed by atoms with Crippen LogP contribution in [0.3, 0.4) is 0 Å². The fourth-order valence-electron chi connectivity index (χ4n) is 7.69. The summed E-state index contributed by atoms with van der Waals surface area (Å²) in [6.07, 6.45) is 0. The maximum absolute atomic E-state index is 16.6. The lowest BCUT2D eigenvalue weighted by molar-refractivity contribution is 0.376. The van der Waals surface area contributed by atoms with Crippen LogP contribution in [-0.2, 0) is 0 Å². The van der Waals surface area contributed by atoms with Crippen molar-refractivity contribution in [2.24, 2.45) is 20.0 Å². The van der Waals surface area contributed by atoms with Crippen LogP contribution in [0.1, 0.15) is 22.3 Å². The van der Waals surface area contributed by atoms with E-state index >= 15 is 70.2 Å². The average Bonchev–Trinajstić information content (AvgIpc) is 4.06. The molecule has 4 aromatic carbocycles. The first-order valence-electron chi connectivity index (χ1n) is 19.1. The van der Waals surface area contributed by atoms with Gasteiger partial charge in [-0.15, -0.1) is 0 Å². The van der Waals surface area contributed by atoms with Crippen molar-refractivity contribution in [3.63, 3.8) is 0 Å². The highest BCUT2D eigenvalue weighted by Crippen LogP contribution is 2.52. The Labute approximate surface area is 396 Å². The SMILES string of the molecule is FC1=C(F)C2=C(c3c(F)c(F)c(F)c(F)c3F)C3=NC(=C(c4c(F)c(F)c(F)c(F)c4F)C4=NC(=C(c5c(F)c(F)c(F)c(F)c5F)C5=NC(=C(c6c(F)c(F)c(F)c(F)c6F)C1=N2)C(F)=C5F)C(F)=C4F)C(F)=C3F. The number of benzene rings is 4. The molecular formula is C44F28N4. The topological polar surface area (TPSA) is 49.4 Å². The van der Waals surface area contributed by atoms with E-state index < -0.39 is 253 Å². The second-order valence-electron chi connectivity index (χ2n) is 15.0. The first-order valence-corrected chi connectivity index (χ1v) is 19.1. The molecule has 0 aromatic heterocycles. The Balaban J connectivity index is 1.64. The molecule has 9 rings (SSSR count). The molecule has 0 unspecified atom stereocenters. The summed E-state index contributed by atoms with van der Waals surface area (Å²) in [6, 6.07) is 0. The first kappa shape index (κ1) is 52.4. The van der Waals surface area contributed by atoms with Crippen LogP contribution in [0.5, 0.6) is 0 Å². The number of halogens is 28. The number of aliphatic imine (C=N–C) groups is 4. The van der Waals surface area contributed by atoms with Crippen LogP contribution in [-0.4, -0.2) is 22.8 Å². The summed E-state index contributed by atoms with van der Waals surface area (Å²) < 4.78 is 436. The maximum atomic E-state index is 16.6. The summed E-state index contributed by atoms with van der Waals surface area (Å²) in [4.78, 5) is 11.3. The molecule has 0 N–H and O–H groups in total. The molecule has 8 bridgehead atoms. The van der Waals surface area contributed by atoms with Crippen LogP contribution in [0, 0.1) is 116 Å². The van der Waals surface area contributed by atoms with E-state index in [1.807, 2.05) is 0 Å². The summed E-state index contributed by atoms with van der Waals surface area (Å²) in [5.41, 5.74) is -45.6. The molecule has 0 amide bonds. The van der Waals surface area contributed by atoms with Crippen LogP contribution in [0.2, 0.25) is 0 Å². The van der Waals surface area contributed by atoms with Gasteiger partial charge in [-0.1, -0.05) is 0 Å². The zero-order valence-corrected chi connectivity index (χ0v) is 34.4. The van der Waals surface area contributed by atoms with Gasteiger partial charge in [0.1, 0.15) is 45.6 Å². The van der Waals surface area contributed by atoms with Gasteiger partial charge in [-0.2, -0.15) is 0 Å². The minimum atomic E-state index is -3.34. The second kappa shape index (κ2) is 17.6. The fourth-order valence-corrected chi connectivity index (χ4v) is 7.69. The van der Waals surface area contributed by atoms with Crippen molar-refractivity contribution in [3.8, 4) is 0 Å². The van der Waals surface area contributed by atoms with E-state index in [0.717, 1.165) is 0 Å². The van der Waals surface area contributed by atoms with E-state index in [-0.39, 0.29) is 0 Å². The molecule has 0 fully saturated rings. The quantitative estimate of drug-likeness (QED) is 0.111. The van der Waals surface area contributed by atoms with Crippen molar-refractivity contribution in [1.82, 2.24) is 0 Å². The van der Waals surface area contributed by atoms with Gasteiger partial charge in [0.25, 0.3) is 0 Å². The van der Waals surface area contributed by atoms with Crippen molar-refractivity contribution in [1.29, 1.82) is 0 Å². The summed E-state index contributed by atoms with van der Waals surface area (Å²) in [5.74, 6) is -92.3. The summed E-state index contributed by atoms with van der Waals surface area (Å²) in [5, 5.41) is 0. The second-order valence-corrected chi connectivity index (χ2v) is 15.0. The van der Waals surface area contributed by atoms with Gasteiger partial charge < -0.3 is 0 Å². The van der Waals surface area contributed by atoms with Crippen LogP contribution in [0.25, 0.3) is 22.3 Å². The minimum absolute atomic E-state index is 2.79. The van der Waals surface area contributed by atoms with E-state index in [0.29, 0.717) is 0 Å². The smallest absolute Gasteiger partial charge is 0.200 e. The third-order valence-corrected chi connectivity index (χ3v) is 11.1. The number of allylic oxidation sites excluding steroid dienone is 12. The molecule has 0 aliphatic carbocycles. The first-order chi connectivity index (χ1) is 35.4. The highest BCUT2D eigenvalue weighted by Gasteiger charge is 2.48. The molecule has 392 valence electrons. The Morgan fingerprint density at radius 2 is 0.263 bits per heavy atom. The van der Waals surface area contributed by atoms with E-state index in [9.17, 15) is 52.7 Å². The van der Waals surface area contributed by atoms with E-state index in [2.05, 4.69) is 20.0 Å². The van der Waals surface area contributed by atoms with Gasteiger partial charge in [0.15, 0.2) is 140 Å². The van der Waals surface area contributed by atoms with Gasteiger partial charge >= 0.3 is 0 Å². The zero-order chi connectivity index (χ0) is 56.2. The van der Waals surface area contributed by atoms with Gasteiger partial charge in [0.2, 0.25) is 23.3 Å². The van der Waals surface area contributed by atoms with Crippen LogP contribution < -0.4 is 0 Å².